The largest absolute Gasteiger partial charge is 0.756 e. The zero-order valence-corrected chi connectivity index (χ0v) is 28.3. The zero-order chi connectivity index (χ0) is 31.5. The minimum atomic E-state index is -4.58. The molecule has 0 fully saturated rings. The molecule has 2 N–H and O–H groups in total. The number of amides is 1. The van der Waals surface area contributed by atoms with Gasteiger partial charge in [0.2, 0.25) is 5.91 Å². The first kappa shape index (κ1) is 40.7. The zero-order valence-electron chi connectivity index (χ0n) is 27.4. The predicted octanol–water partition coefficient (Wildman–Crippen LogP) is 6.99. The van der Waals surface area contributed by atoms with Crippen molar-refractivity contribution < 1.29 is 32.9 Å². The second-order valence-corrected chi connectivity index (χ2v) is 13.6. The van der Waals surface area contributed by atoms with Crippen molar-refractivity contribution in [3.8, 4) is 0 Å². The Morgan fingerprint density at radius 1 is 0.810 bits per heavy atom. The maximum atomic E-state index is 12.6. The highest BCUT2D eigenvalue weighted by Gasteiger charge is 2.23. The molecule has 42 heavy (non-hydrogen) atoms. The van der Waals surface area contributed by atoms with Gasteiger partial charge in [-0.15, -0.1) is 0 Å². The third kappa shape index (κ3) is 27.5. The molecule has 0 saturated heterocycles. The number of nitrogens with one attached hydrogen (secondary N) is 1. The van der Waals surface area contributed by atoms with Gasteiger partial charge < -0.3 is 28.8 Å². The van der Waals surface area contributed by atoms with Gasteiger partial charge in [0.05, 0.1) is 39.9 Å². The Balaban J connectivity index is 4.73. The lowest BCUT2D eigenvalue weighted by Gasteiger charge is -2.29. The summed E-state index contributed by atoms with van der Waals surface area (Å²) in [6.07, 6.45) is 27.7. The number of hydrogen-bond donors (Lipinski definition) is 2. The number of likely N-dealkylation sites (N-methyl/N-ethyl adjacent to an activating group) is 1. The molecule has 0 radical (unpaired) electrons. The molecule has 1 amide bonds. The molecular formula is C33H63N2O6P. The van der Waals surface area contributed by atoms with Crippen molar-refractivity contribution in [2.45, 2.75) is 129 Å². The quantitative estimate of drug-likeness (QED) is 0.0426. The average Bonchev–Trinajstić information content (AvgIpc) is 2.92. The third-order valence-corrected chi connectivity index (χ3v) is 7.77. The molecule has 0 bridgehead atoms. The highest BCUT2D eigenvalue weighted by Crippen LogP contribution is 2.38. The summed E-state index contributed by atoms with van der Waals surface area (Å²) in [4.78, 5) is 24.9. The van der Waals surface area contributed by atoms with Crippen LogP contribution in [0.4, 0.5) is 0 Å². The molecule has 0 saturated carbocycles. The molecule has 0 aliphatic heterocycles. The summed E-state index contributed by atoms with van der Waals surface area (Å²) in [5.41, 5.74) is 0. The number of hydrogen-bond acceptors (Lipinski definition) is 6. The molecule has 0 heterocycles. The van der Waals surface area contributed by atoms with Crippen LogP contribution in [0.5, 0.6) is 0 Å². The van der Waals surface area contributed by atoms with Gasteiger partial charge >= 0.3 is 0 Å². The molecule has 246 valence electrons. The molecule has 8 nitrogen and oxygen atoms in total. The summed E-state index contributed by atoms with van der Waals surface area (Å²) in [6, 6.07) is -0.901. The Labute approximate surface area is 257 Å². The minimum absolute atomic E-state index is 0.00902. The van der Waals surface area contributed by atoms with Crippen LogP contribution in [0.1, 0.15) is 117 Å². The molecule has 3 atom stereocenters. The number of phosphoric acid groups is 1. The second-order valence-electron chi connectivity index (χ2n) is 12.1. The fourth-order valence-electron chi connectivity index (χ4n) is 4.11. The molecule has 0 aliphatic carbocycles. The second kappa shape index (κ2) is 26.2. The Hall–Kier alpha value is -1.28. The monoisotopic (exact) mass is 614 g/mol. The highest BCUT2D eigenvalue weighted by molar-refractivity contribution is 7.45. The topological polar surface area (TPSA) is 108 Å². The minimum Gasteiger partial charge on any atom is -0.756 e. The van der Waals surface area contributed by atoms with Crippen LogP contribution in [0.25, 0.3) is 0 Å². The van der Waals surface area contributed by atoms with Gasteiger partial charge in [0, 0.05) is 6.42 Å². The Morgan fingerprint density at radius 2 is 1.38 bits per heavy atom. The molecule has 3 unspecified atom stereocenters. The number of aliphatic hydroxyl groups is 1. The van der Waals surface area contributed by atoms with Crippen LogP contribution in [-0.2, 0) is 18.4 Å². The van der Waals surface area contributed by atoms with Gasteiger partial charge in [-0.25, -0.2) is 0 Å². The maximum absolute atomic E-state index is 12.6. The van der Waals surface area contributed by atoms with E-state index in [9.17, 15) is 19.4 Å². The van der Waals surface area contributed by atoms with Crippen LogP contribution < -0.4 is 10.2 Å². The molecular weight excluding hydrogens is 551 g/mol. The van der Waals surface area contributed by atoms with Gasteiger partial charge in [0.1, 0.15) is 13.2 Å². The van der Waals surface area contributed by atoms with Crippen molar-refractivity contribution in [1.82, 2.24) is 5.32 Å². The highest BCUT2D eigenvalue weighted by atomic mass is 31.2. The number of rotatable bonds is 28. The molecule has 0 aromatic heterocycles. The van der Waals surface area contributed by atoms with Gasteiger partial charge in [-0.1, -0.05) is 95.2 Å². The fraction of sp³-hybridized carbons (Fsp3) is 0.788. The van der Waals surface area contributed by atoms with E-state index in [1.165, 1.54) is 32.1 Å². The van der Waals surface area contributed by atoms with Gasteiger partial charge in [0.25, 0.3) is 7.82 Å². The molecule has 0 aliphatic rings. The summed E-state index contributed by atoms with van der Waals surface area (Å²) in [5.74, 6) is -0.226. The lowest BCUT2D eigenvalue weighted by Crippen LogP contribution is -2.45. The van der Waals surface area contributed by atoms with Crippen LogP contribution in [-0.4, -0.2) is 68.5 Å². The summed E-state index contributed by atoms with van der Waals surface area (Å²) in [5, 5.41) is 13.5. The number of allylic oxidation sites excluding steroid dienone is 5. The fourth-order valence-corrected chi connectivity index (χ4v) is 4.83. The number of carbonyl (C=O) groups is 1. The van der Waals surface area contributed by atoms with Gasteiger partial charge in [-0.05, 0) is 51.4 Å². The first-order chi connectivity index (χ1) is 20.0. The van der Waals surface area contributed by atoms with E-state index < -0.39 is 26.6 Å². The lowest BCUT2D eigenvalue weighted by molar-refractivity contribution is -0.870. The SMILES string of the molecule is CCC/C=C\CCCCCCCC(=O)NC(COP(=O)([O-])OCC[N+](C)(C)C)C(O)/C=C/CC/C=C/CCCCCC. The van der Waals surface area contributed by atoms with Gasteiger partial charge in [0.15, 0.2) is 0 Å². The van der Waals surface area contributed by atoms with Crippen molar-refractivity contribution in [2.24, 2.45) is 0 Å². The van der Waals surface area contributed by atoms with Crippen molar-refractivity contribution in [3.05, 3.63) is 36.5 Å². The normalized spacial score (nSPS) is 15.5. The van der Waals surface area contributed by atoms with E-state index in [1.54, 1.807) is 6.08 Å². The molecule has 0 aromatic rings. The van der Waals surface area contributed by atoms with Crippen LogP contribution >= 0.6 is 7.82 Å². The Bertz CT molecular complexity index is 794. The molecule has 9 heteroatoms. The number of carbonyl (C=O) groups excluding carboxylic acids is 1. The Morgan fingerprint density at radius 3 is 2.02 bits per heavy atom. The first-order valence-corrected chi connectivity index (χ1v) is 17.8. The number of phosphoric ester groups is 1. The first-order valence-electron chi connectivity index (χ1n) is 16.4. The summed E-state index contributed by atoms with van der Waals surface area (Å²) >= 11 is 0. The summed E-state index contributed by atoms with van der Waals surface area (Å²) in [6.45, 7) is 4.46. The molecule has 0 spiro atoms. The van der Waals surface area contributed by atoms with Gasteiger partial charge in [-0.2, -0.15) is 0 Å². The van der Waals surface area contributed by atoms with E-state index in [-0.39, 0.29) is 12.5 Å². The number of unbranched alkanes of at least 4 members (excludes halogenated alkanes) is 11. The van der Waals surface area contributed by atoms with Crippen molar-refractivity contribution in [3.63, 3.8) is 0 Å². The average molecular weight is 615 g/mol. The van der Waals surface area contributed by atoms with E-state index >= 15 is 0 Å². The van der Waals surface area contributed by atoms with E-state index in [1.807, 2.05) is 27.2 Å². The van der Waals surface area contributed by atoms with Crippen LogP contribution in [0.15, 0.2) is 36.5 Å². The smallest absolute Gasteiger partial charge is 0.268 e. The number of aliphatic hydroxyl groups excluding tert-OH is 1. The standard InChI is InChI=1S/C33H63N2O6P/c1-6-8-10-12-14-16-18-20-22-24-26-32(36)31(30-41-42(38,39)40-29-28-35(3,4)5)34-33(37)27-25-23-21-19-17-15-13-11-9-7-2/h11,13,16,18,24,26,31-32,36H,6-10,12,14-15,17,19-23,25,27-30H2,1-5H3,(H-,34,37,38,39)/b13-11-,18-16+,26-24+. The maximum Gasteiger partial charge on any atom is 0.268 e. The van der Waals surface area contributed by atoms with Crippen molar-refractivity contribution in [1.29, 1.82) is 0 Å². The van der Waals surface area contributed by atoms with Crippen LogP contribution in [0.2, 0.25) is 0 Å². The van der Waals surface area contributed by atoms with Crippen LogP contribution in [0.3, 0.4) is 0 Å². The summed E-state index contributed by atoms with van der Waals surface area (Å²) < 4.78 is 22.9. The number of quaternary nitrogens is 1. The van der Waals surface area contributed by atoms with Gasteiger partial charge in [-0.3, -0.25) is 9.36 Å². The predicted molar refractivity (Wildman–Crippen MR) is 173 cm³/mol. The number of nitrogens with zero attached hydrogens (tertiary/aromatic N) is 1. The van der Waals surface area contributed by atoms with Crippen molar-refractivity contribution >= 4 is 13.7 Å². The van der Waals surface area contributed by atoms with E-state index in [0.717, 1.165) is 64.2 Å². The lowest BCUT2D eigenvalue weighted by atomic mass is 10.1. The van der Waals surface area contributed by atoms with E-state index in [0.29, 0.717) is 17.4 Å². The molecule has 0 rings (SSSR count). The van der Waals surface area contributed by atoms with E-state index in [2.05, 4.69) is 43.5 Å². The Kier molecular flexibility index (Phi) is 25.4. The third-order valence-electron chi connectivity index (χ3n) is 6.80. The molecule has 0 aromatic carbocycles. The summed E-state index contributed by atoms with van der Waals surface area (Å²) in [7, 11) is 1.23. The van der Waals surface area contributed by atoms with Crippen LogP contribution in [0, 0.1) is 0 Å². The van der Waals surface area contributed by atoms with E-state index in [4.69, 9.17) is 9.05 Å². The van der Waals surface area contributed by atoms with Crippen molar-refractivity contribution in [2.75, 3.05) is 40.9 Å².